The second-order valence-corrected chi connectivity index (χ2v) is 5.21. The van der Waals surface area contributed by atoms with E-state index in [0.717, 1.165) is 5.56 Å². The maximum Gasteiger partial charge on any atom is 0.326 e. The molecule has 1 aromatic heterocycles. The smallest absolute Gasteiger partial charge is 0.326 e. The van der Waals surface area contributed by atoms with Crippen LogP contribution in [0.15, 0.2) is 45.6 Å². The van der Waals surface area contributed by atoms with Crippen LogP contribution < -0.4 is 10.7 Å². The van der Waals surface area contributed by atoms with Crippen LogP contribution in [0.25, 0.3) is 0 Å². The van der Waals surface area contributed by atoms with Gasteiger partial charge in [-0.2, -0.15) is 0 Å². The van der Waals surface area contributed by atoms with Gasteiger partial charge in [-0.3, -0.25) is 9.59 Å². The zero-order chi connectivity index (χ0) is 17.0. The maximum atomic E-state index is 11.9. The Hall–Kier alpha value is -2.89. The Bertz CT molecular complexity index is 779. The van der Waals surface area contributed by atoms with Gasteiger partial charge in [0.05, 0.1) is 0 Å². The first kappa shape index (κ1) is 16.5. The molecule has 1 atom stereocenters. The fraction of sp³-hybridized carbons (Fsp3) is 0.235. The Morgan fingerprint density at radius 3 is 2.48 bits per heavy atom. The highest BCUT2D eigenvalue weighted by atomic mass is 16.4. The first-order chi connectivity index (χ1) is 10.9. The molecule has 0 amide bonds. The summed E-state index contributed by atoms with van der Waals surface area (Å²) >= 11 is 0. The van der Waals surface area contributed by atoms with Crippen LogP contribution >= 0.6 is 0 Å². The minimum Gasteiger partial charge on any atom is -0.480 e. The van der Waals surface area contributed by atoms with Crippen molar-refractivity contribution in [3.63, 3.8) is 0 Å². The van der Waals surface area contributed by atoms with E-state index in [1.54, 1.807) is 19.1 Å². The zero-order valence-electron chi connectivity index (χ0n) is 12.8. The van der Waals surface area contributed by atoms with Gasteiger partial charge >= 0.3 is 5.97 Å². The Balaban J connectivity index is 2.36. The summed E-state index contributed by atoms with van der Waals surface area (Å²) in [5, 5.41) is 12.1. The molecule has 0 radical (unpaired) electrons. The Kier molecular flexibility index (Phi) is 4.95. The first-order valence-corrected chi connectivity index (χ1v) is 7.07. The minimum atomic E-state index is -1.10. The van der Waals surface area contributed by atoms with E-state index in [1.165, 1.54) is 13.0 Å². The Morgan fingerprint density at radius 1 is 1.26 bits per heavy atom. The number of rotatable bonds is 6. The number of hydrogen-bond donors (Lipinski definition) is 2. The standard InChI is InChI=1S/C17H17NO5/c1-10-8-14(20)15(11(2)19)16(23-10)18-13(17(21)22)9-12-6-4-3-5-7-12/h3-8,13,18H,9H2,1-2H3,(H,21,22). The molecular weight excluding hydrogens is 298 g/mol. The molecular formula is C17H17NO5. The summed E-state index contributed by atoms with van der Waals surface area (Å²) in [6.07, 6.45) is 0.186. The van der Waals surface area contributed by atoms with E-state index in [4.69, 9.17) is 4.42 Å². The average Bonchev–Trinajstić information content (AvgIpc) is 2.46. The predicted molar refractivity (Wildman–Crippen MR) is 84.9 cm³/mol. The van der Waals surface area contributed by atoms with Crippen molar-refractivity contribution in [1.82, 2.24) is 0 Å². The lowest BCUT2D eigenvalue weighted by Gasteiger charge is -2.16. The van der Waals surface area contributed by atoms with Crippen LogP contribution in [-0.2, 0) is 11.2 Å². The molecule has 0 bridgehead atoms. The molecule has 0 fully saturated rings. The van der Waals surface area contributed by atoms with E-state index in [-0.39, 0.29) is 17.9 Å². The number of carbonyl (C=O) groups is 2. The molecule has 1 unspecified atom stereocenters. The number of benzene rings is 1. The lowest BCUT2D eigenvalue weighted by Crippen LogP contribution is -2.33. The maximum absolute atomic E-state index is 11.9. The van der Waals surface area contributed by atoms with Gasteiger partial charge in [-0.05, 0) is 19.4 Å². The summed E-state index contributed by atoms with van der Waals surface area (Å²) in [7, 11) is 0. The van der Waals surface area contributed by atoms with Gasteiger partial charge in [-0.1, -0.05) is 30.3 Å². The third-order valence-electron chi connectivity index (χ3n) is 3.31. The number of hydrogen-bond acceptors (Lipinski definition) is 5. The minimum absolute atomic E-state index is 0.106. The molecule has 0 aliphatic heterocycles. The third-order valence-corrected chi connectivity index (χ3v) is 3.31. The topological polar surface area (TPSA) is 96.6 Å². The molecule has 0 aliphatic rings. The van der Waals surface area contributed by atoms with Gasteiger partial charge in [-0.25, -0.2) is 4.79 Å². The number of carboxylic acids is 1. The van der Waals surface area contributed by atoms with E-state index in [2.05, 4.69) is 5.32 Å². The molecule has 0 aliphatic carbocycles. The van der Waals surface area contributed by atoms with Gasteiger partial charge in [0.1, 0.15) is 17.4 Å². The van der Waals surface area contributed by atoms with Gasteiger partial charge in [0.2, 0.25) is 5.88 Å². The zero-order valence-corrected chi connectivity index (χ0v) is 12.8. The normalized spacial score (nSPS) is 11.7. The summed E-state index contributed by atoms with van der Waals surface area (Å²) in [6, 6.07) is 9.23. The second kappa shape index (κ2) is 6.91. The average molecular weight is 315 g/mol. The highest BCUT2D eigenvalue weighted by molar-refractivity contribution is 5.98. The molecule has 2 N–H and O–H groups in total. The van der Waals surface area contributed by atoms with Crippen molar-refractivity contribution in [3.8, 4) is 0 Å². The van der Waals surface area contributed by atoms with Crippen LogP contribution in [-0.4, -0.2) is 22.9 Å². The predicted octanol–water partition coefficient (Wildman–Crippen LogP) is 2.26. The van der Waals surface area contributed by atoms with E-state index < -0.39 is 23.2 Å². The lowest BCUT2D eigenvalue weighted by atomic mass is 10.1. The Morgan fingerprint density at radius 2 is 1.91 bits per heavy atom. The molecule has 6 heteroatoms. The number of aryl methyl sites for hydroxylation is 1. The molecule has 0 saturated carbocycles. The summed E-state index contributed by atoms with van der Waals surface area (Å²) in [5.74, 6) is -1.39. The summed E-state index contributed by atoms with van der Waals surface area (Å²) in [4.78, 5) is 35.1. The number of nitrogens with one attached hydrogen (secondary N) is 1. The van der Waals surface area contributed by atoms with E-state index in [0.29, 0.717) is 5.76 Å². The van der Waals surface area contributed by atoms with Gasteiger partial charge in [0, 0.05) is 12.5 Å². The van der Waals surface area contributed by atoms with Gasteiger partial charge in [0.15, 0.2) is 11.2 Å². The molecule has 23 heavy (non-hydrogen) atoms. The quantitative estimate of drug-likeness (QED) is 0.794. The summed E-state index contributed by atoms with van der Waals surface area (Å²) in [5.41, 5.74) is 0.147. The van der Waals surface area contributed by atoms with Crippen molar-refractivity contribution < 1.29 is 19.1 Å². The highest BCUT2D eigenvalue weighted by Crippen LogP contribution is 2.17. The third kappa shape index (κ3) is 4.06. The molecule has 6 nitrogen and oxygen atoms in total. The highest BCUT2D eigenvalue weighted by Gasteiger charge is 2.23. The molecule has 2 aromatic rings. The number of Topliss-reactive ketones (excluding diaryl/α,β-unsaturated/α-hetero) is 1. The number of anilines is 1. The first-order valence-electron chi connectivity index (χ1n) is 7.07. The van der Waals surface area contributed by atoms with Crippen molar-refractivity contribution in [2.45, 2.75) is 26.3 Å². The molecule has 0 spiro atoms. The second-order valence-electron chi connectivity index (χ2n) is 5.21. The van der Waals surface area contributed by atoms with Crippen molar-refractivity contribution in [2.75, 3.05) is 5.32 Å². The fourth-order valence-electron chi connectivity index (χ4n) is 2.25. The van der Waals surface area contributed by atoms with Crippen molar-refractivity contribution in [1.29, 1.82) is 0 Å². The van der Waals surface area contributed by atoms with E-state index in [1.807, 2.05) is 18.2 Å². The van der Waals surface area contributed by atoms with Gasteiger partial charge in [0.25, 0.3) is 0 Å². The van der Waals surface area contributed by atoms with Crippen LogP contribution in [0.5, 0.6) is 0 Å². The monoisotopic (exact) mass is 315 g/mol. The molecule has 1 aromatic carbocycles. The van der Waals surface area contributed by atoms with Crippen molar-refractivity contribution in [2.24, 2.45) is 0 Å². The number of ketones is 1. The Labute approximate surface area is 132 Å². The van der Waals surface area contributed by atoms with E-state index >= 15 is 0 Å². The van der Waals surface area contributed by atoms with Crippen LogP contribution in [0.1, 0.15) is 28.6 Å². The number of carboxylic acid groups (broad SMARTS) is 1. The number of carbonyl (C=O) groups excluding carboxylic acids is 1. The van der Waals surface area contributed by atoms with E-state index in [9.17, 15) is 19.5 Å². The molecule has 120 valence electrons. The lowest BCUT2D eigenvalue weighted by molar-refractivity contribution is -0.137. The molecule has 1 heterocycles. The largest absolute Gasteiger partial charge is 0.480 e. The fourth-order valence-corrected chi connectivity index (χ4v) is 2.25. The van der Waals surface area contributed by atoms with Crippen LogP contribution in [0, 0.1) is 6.92 Å². The SMILES string of the molecule is CC(=O)c1c(NC(Cc2ccccc2)C(=O)O)oc(C)cc1=O. The summed E-state index contributed by atoms with van der Waals surface area (Å²) in [6.45, 7) is 2.79. The van der Waals surface area contributed by atoms with Gasteiger partial charge < -0.3 is 14.8 Å². The van der Waals surface area contributed by atoms with Crippen LogP contribution in [0.3, 0.4) is 0 Å². The van der Waals surface area contributed by atoms with Gasteiger partial charge in [-0.15, -0.1) is 0 Å². The van der Waals surface area contributed by atoms with Crippen molar-refractivity contribution >= 4 is 17.6 Å². The van der Waals surface area contributed by atoms with Crippen LogP contribution in [0.4, 0.5) is 5.88 Å². The number of aliphatic carboxylic acids is 1. The van der Waals surface area contributed by atoms with Crippen molar-refractivity contribution in [3.05, 3.63) is 63.5 Å². The molecule has 2 rings (SSSR count). The van der Waals surface area contributed by atoms with Crippen LogP contribution in [0.2, 0.25) is 0 Å². The summed E-state index contributed by atoms with van der Waals surface area (Å²) < 4.78 is 5.37. The molecule has 0 saturated heterocycles.